The molecule has 3 aromatic rings. The summed E-state index contributed by atoms with van der Waals surface area (Å²) in [5.41, 5.74) is 0.640. The van der Waals surface area contributed by atoms with Gasteiger partial charge < -0.3 is 10.2 Å². The molecule has 0 aliphatic rings. The van der Waals surface area contributed by atoms with E-state index in [9.17, 15) is 18.0 Å². The van der Waals surface area contributed by atoms with Gasteiger partial charge in [0, 0.05) is 18.1 Å². The Hall–Kier alpha value is -2.49. The molecule has 0 aromatic heterocycles. The number of anilines is 1. The standard InChI is InChI=1S/C27H27Cl4N3O4S/c1-3-24(27(36)32-4-2)33(16-18-10-12-21(29)23(31)14-18)26(35)17-34(25-15-19(28)11-13-22(25)30)39(37,38)20-8-6-5-7-9-20/h5-15,24H,3-4,16-17H2,1-2H3,(H,32,36)/t24-/m0/s1. The second-order valence-corrected chi connectivity index (χ2v) is 12.0. The van der Waals surface area contributed by atoms with E-state index in [-0.39, 0.29) is 44.5 Å². The van der Waals surface area contributed by atoms with Gasteiger partial charge in [0.15, 0.2) is 0 Å². The minimum Gasteiger partial charge on any atom is -0.355 e. The van der Waals surface area contributed by atoms with E-state index in [0.717, 1.165) is 4.31 Å². The van der Waals surface area contributed by atoms with Gasteiger partial charge in [-0.1, -0.05) is 77.6 Å². The second kappa shape index (κ2) is 13.7. The number of benzene rings is 3. The van der Waals surface area contributed by atoms with Gasteiger partial charge in [0.2, 0.25) is 11.8 Å². The molecule has 7 nitrogen and oxygen atoms in total. The Morgan fingerprint density at radius 3 is 2.15 bits per heavy atom. The molecule has 39 heavy (non-hydrogen) atoms. The van der Waals surface area contributed by atoms with Crippen molar-refractivity contribution in [1.29, 1.82) is 0 Å². The molecule has 0 heterocycles. The quantitative estimate of drug-likeness (QED) is 0.264. The first-order valence-corrected chi connectivity index (χ1v) is 15.0. The van der Waals surface area contributed by atoms with Crippen LogP contribution in [0.25, 0.3) is 0 Å². The number of nitrogens with zero attached hydrogens (tertiary/aromatic N) is 2. The van der Waals surface area contributed by atoms with E-state index in [0.29, 0.717) is 17.1 Å². The lowest BCUT2D eigenvalue weighted by molar-refractivity contribution is -0.140. The highest BCUT2D eigenvalue weighted by molar-refractivity contribution is 7.92. The average molecular weight is 631 g/mol. The maximum Gasteiger partial charge on any atom is 0.264 e. The highest BCUT2D eigenvalue weighted by Gasteiger charge is 2.34. The fourth-order valence-electron chi connectivity index (χ4n) is 3.96. The van der Waals surface area contributed by atoms with E-state index in [1.54, 1.807) is 50.2 Å². The van der Waals surface area contributed by atoms with E-state index in [1.807, 2.05) is 0 Å². The number of rotatable bonds is 11. The Morgan fingerprint density at radius 1 is 0.872 bits per heavy atom. The summed E-state index contributed by atoms with van der Waals surface area (Å²) in [7, 11) is -4.27. The van der Waals surface area contributed by atoms with Crippen molar-refractivity contribution < 1.29 is 18.0 Å². The third-order valence-corrected chi connectivity index (χ3v) is 8.93. The Morgan fingerprint density at radius 2 is 1.54 bits per heavy atom. The van der Waals surface area contributed by atoms with Crippen LogP contribution in [0.2, 0.25) is 20.1 Å². The molecule has 2 amide bonds. The van der Waals surface area contributed by atoms with E-state index < -0.39 is 28.5 Å². The van der Waals surface area contributed by atoms with Crippen molar-refractivity contribution in [2.45, 2.75) is 37.8 Å². The van der Waals surface area contributed by atoms with Crippen LogP contribution in [-0.2, 0) is 26.2 Å². The zero-order valence-corrected chi connectivity index (χ0v) is 25.0. The van der Waals surface area contributed by atoms with E-state index in [2.05, 4.69) is 5.32 Å². The molecule has 0 radical (unpaired) electrons. The molecule has 0 saturated heterocycles. The summed E-state index contributed by atoms with van der Waals surface area (Å²) in [5, 5.41) is 3.68. The summed E-state index contributed by atoms with van der Waals surface area (Å²) < 4.78 is 28.5. The fourth-order valence-corrected chi connectivity index (χ4v) is 6.16. The van der Waals surface area contributed by atoms with Crippen LogP contribution >= 0.6 is 46.4 Å². The van der Waals surface area contributed by atoms with Crippen LogP contribution < -0.4 is 9.62 Å². The Labute approximate surface area is 248 Å². The monoisotopic (exact) mass is 629 g/mol. The molecule has 0 bridgehead atoms. The van der Waals surface area contributed by atoms with Crippen LogP contribution in [0.15, 0.2) is 71.6 Å². The van der Waals surface area contributed by atoms with Crippen LogP contribution in [0, 0.1) is 0 Å². The first kappa shape index (κ1) is 31.0. The van der Waals surface area contributed by atoms with Gasteiger partial charge in [-0.15, -0.1) is 0 Å². The first-order chi connectivity index (χ1) is 18.5. The van der Waals surface area contributed by atoms with Gasteiger partial charge in [-0.2, -0.15) is 0 Å². The number of likely N-dealkylation sites (N-methyl/N-ethyl adjacent to an activating group) is 1. The number of carbonyl (C=O) groups is 2. The number of hydrogen-bond donors (Lipinski definition) is 1. The second-order valence-electron chi connectivity index (χ2n) is 8.51. The van der Waals surface area contributed by atoms with Crippen molar-refractivity contribution in [2.75, 3.05) is 17.4 Å². The number of carbonyl (C=O) groups excluding carboxylic acids is 2. The summed E-state index contributed by atoms with van der Waals surface area (Å²) in [6.07, 6.45) is 0.280. The lowest BCUT2D eigenvalue weighted by Gasteiger charge is -2.33. The molecular formula is C27H27Cl4N3O4S. The van der Waals surface area contributed by atoms with Crippen LogP contribution in [0.3, 0.4) is 0 Å². The predicted molar refractivity (Wildman–Crippen MR) is 157 cm³/mol. The minimum atomic E-state index is -4.27. The SMILES string of the molecule is CCNC(=O)[C@H](CC)N(Cc1ccc(Cl)c(Cl)c1)C(=O)CN(c1cc(Cl)ccc1Cl)S(=O)(=O)c1ccccc1. The lowest BCUT2D eigenvalue weighted by atomic mass is 10.1. The van der Waals surface area contributed by atoms with Gasteiger partial charge in [-0.3, -0.25) is 13.9 Å². The largest absolute Gasteiger partial charge is 0.355 e. The third-order valence-electron chi connectivity index (χ3n) is 5.86. The molecule has 0 saturated carbocycles. The van der Waals surface area contributed by atoms with Crippen LogP contribution in [0.5, 0.6) is 0 Å². The molecule has 0 spiro atoms. The van der Waals surface area contributed by atoms with Crippen LogP contribution in [0.1, 0.15) is 25.8 Å². The minimum absolute atomic E-state index is 0.0200. The summed E-state index contributed by atoms with van der Waals surface area (Å²) >= 11 is 24.9. The predicted octanol–water partition coefficient (Wildman–Crippen LogP) is 6.44. The third kappa shape index (κ3) is 7.58. The highest BCUT2D eigenvalue weighted by atomic mass is 35.5. The average Bonchev–Trinajstić information content (AvgIpc) is 2.91. The lowest BCUT2D eigenvalue weighted by Crippen LogP contribution is -2.52. The summed E-state index contributed by atoms with van der Waals surface area (Å²) in [6, 6.07) is 16.0. The van der Waals surface area contributed by atoms with E-state index in [1.165, 1.54) is 35.2 Å². The molecule has 12 heteroatoms. The van der Waals surface area contributed by atoms with Gasteiger partial charge in [-0.25, -0.2) is 8.42 Å². The number of nitrogens with one attached hydrogen (secondary N) is 1. The summed E-state index contributed by atoms with van der Waals surface area (Å²) in [4.78, 5) is 28.2. The Balaban J connectivity index is 2.10. The van der Waals surface area contributed by atoms with Gasteiger partial charge in [0.25, 0.3) is 10.0 Å². The van der Waals surface area contributed by atoms with Crippen LogP contribution in [0.4, 0.5) is 5.69 Å². The van der Waals surface area contributed by atoms with Crippen molar-refractivity contribution in [3.63, 3.8) is 0 Å². The van der Waals surface area contributed by atoms with Crippen molar-refractivity contribution in [1.82, 2.24) is 10.2 Å². The van der Waals surface area contributed by atoms with Gasteiger partial charge in [0.05, 0.1) is 25.7 Å². The van der Waals surface area contributed by atoms with Crippen molar-refractivity contribution in [3.8, 4) is 0 Å². The molecule has 0 fully saturated rings. The van der Waals surface area contributed by atoms with Gasteiger partial charge >= 0.3 is 0 Å². The summed E-state index contributed by atoms with van der Waals surface area (Å²) in [6.45, 7) is 3.23. The smallest absolute Gasteiger partial charge is 0.264 e. The van der Waals surface area contributed by atoms with Crippen LogP contribution in [-0.4, -0.2) is 44.3 Å². The van der Waals surface area contributed by atoms with E-state index in [4.69, 9.17) is 46.4 Å². The van der Waals surface area contributed by atoms with Crippen molar-refractivity contribution >= 4 is 73.9 Å². The maximum atomic E-state index is 14.0. The topological polar surface area (TPSA) is 86.8 Å². The molecule has 0 aliphatic heterocycles. The zero-order chi connectivity index (χ0) is 28.7. The number of halogens is 4. The Bertz CT molecular complexity index is 1440. The summed E-state index contributed by atoms with van der Waals surface area (Å²) in [5.74, 6) is -0.999. The van der Waals surface area contributed by atoms with Crippen molar-refractivity contribution in [3.05, 3.63) is 92.4 Å². The fraction of sp³-hybridized carbons (Fsp3) is 0.259. The number of hydrogen-bond acceptors (Lipinski definition) is 4. The normalized spacial score (nSPS) is 12.1. The molecule has 3 rings (SSSR count). The van der Waals surface area contributed by atoms with E-state index >= 15 is 0 Å². The maximum absolute atomic E-state index is 14.0. The molecular weight excluding hydrogens is 604 g/mol. The molecule has 3 aromatic carbocycles. The molecule has 0 unspecified atom stereocenters. The first-order valence-electron chi connectivity index (χ1n) is 12.0. The zero-order valence-electron chi connectivity index (χ0n) is 21.2. The highest BCUT2D eigenvalue weighted by Crippen LogP contribution is 2.33. The molecule has 1 N–H and O–H groups in total. The van der Waals surface area contributed by atoms with Crippen molar-refractivity contribution in [2.24, 2.45) is 0 Å². The number of sulfonamides is 1. The Kier molecular flexibility index (Phi) is 10.9. The molecule has 208 valence electrons. The molecule has 1 atom stereocenters. The molecule has 0 aliphatic carbocycles. The number of amides is 2. The van der Waals surface area contributed by atoms with Gasteiger partial charge in [0.1, 0.15) is 12.6 Å². The van der Waals surface area contributed by atoms with Gasteiger partial charge in [-0.05, 0) is 61.4 Å².